The van der Waals surface area contributed by atoms with Crippen molar-refractivity contribution in [3.05, 3.63) is 47.8 Å². The standard InChI is InChI=1S/C24H28N6O3S/c1-32-22-7-4-18-23(30-22)14(8-9-26-18)10-17(25)19-5-2-16(12-33-19)27-11-15-3-6-20-24(28-15)29-21(31)13-34-20/h3-4,6-9,16-17,19,27H,2,5,10-13,25H2,1H3,(H,28,29,31)/t16-,17-,19+/m1/s1. The third-order valence-corrected chi connectivity index (χ3v) is 7.25. The van der Waals surface area contributed by atoms with Crippen LogP contribution in [0.4, 0.5) is 5.82 Å². The van der Waals surface area contributed by atoms with Crippen molar-refractivity contribution < 1.29 is 14.3 Å². The van der Waals surface area contributed by atoms with Crippen LogP contribution in [0.25, 0.3) is 11.0 Å². The second-order valence-electron chi connectivity index (χ2n) is 8.57. The Hall–Kier alpha value is -2.79. The van der Waals surface area contributed by atoms with E-state index in [-0.39, 0.29) is 24.1 Å². The van der Waals surface area contributed by atoms with Crippen LogP contribution in [0.3, 0.4) is 0 Å². The average molecular weight is 481 g/mol. The smallest absolute Gasteiger partial charge is 0.235 e. The van der Waals surface area contributed by atoms with E-state index in [1.807, 2.05) is 30.3 Å². The number of methoxy groups -OCH3 is 1. The molecule has 4 N–H and O–H groups in total. The van der Waals surface area contributed by atoms with Gasteiger partial charge in [0, 0.05) is 30.9 Å². The van der Waals surface area contributed by atoms with Gasteiger partial charge in [-0.2, -0.15) is 0 Å². The molecule has 3 atom stereocenters. The second kappa shape index (κ2) is 10.2. The lowest BCUT2D eigenvalue weighted by molar-refractivity contribution is -0.113. The quantitative estimate of drug-likeness (QED) is 0.467. The highest BCUT2D eigenvalue weighted by molar-refractivity contribution is 8.00. The molecule has 178 valence electrons. The molecule has 0 aromatic carbocycles. The predicted molar refractivity (Wildman–Crippen MR) is 131 cm³/mol. The Bertz CT molecular complexity index is 1180. The number of thioether (sulfide) groups is 1. The van der Waals surface area contributed by atoms with Gasteiger partial charge in [0.1, 0.15) is 5.82 Å². The molecule has 5 rings (SSSR count). The lowest BCUT2D eigenvalue weighted by Gasteiger charge is -2.33. The van der Waals surface area contributed by atoms with Crippen molar-refractivity contribution in [3.8, 4) is 5.88 Å². The summed E-state index contributed by atoms with van der Waals surface area (Å²) in [6, 6.07) is 9.80. The lowest BCUT2D eigenvalue weighted by Crippen LogP contribution is -2.47. The van der Waals surface area contributed by atoms with Crippen molar-refractivity contribution in [2.75, 3.05) is 24.8 Å². The fraction of sp³-hybridized carbons (Fsp3) is 0.417. The van der Waals surface area contributed by atoms with Crippen molar-refractivity contribution in [2.45, 2.75) is 48.9 Å². The van der Waals surface area contributed by atoms with Gasteiger partial charge in [0.05, 0.1) is 47.2 Å². The second-order valence-corrected chi connectivity index (χ2v) is 9.59. The monoisotopic (exact) mass is 480 g/mol. The number of anilines is 1. The fourth-order valence-corrected chi connectivity index (χ4v) is 5.10. The predicted octanol–water partition coefficient (Wildman–Crippen LogP) is 2.28. The van der Waals surface area contributed by atoms with E-state index >= 15 is 0 Å². The minimum atomic E-state index is -0.136. The van der Waals surface area contributed by atoms with E-state index < -0.39 is 0 Å². The molecule has 2 aliphatic heterocycles. The summed E-state index contributed by atoms with van der Waals surface area (Å²) in [5.41, 5.74) is 10.1. The van der Waals surface area contributed by atoms with Crippen LogP contribution < -0.4 is 21.1 Å². The molecular weight excluding hydrogens is 452 g/mol. The Morgan fingerprint density at radius 3 is 3.00 bits per heavy atom. The molecule has 34 heavy (non-hydrogen) atoms. The van der Waals surface area contributed by atoms with Gasteiger partial charge in [0.25, 0.3) is 0 Å². The first-order chi connectivity index (χ1) is 16.6. The van der Waals surface area contributed by atoms with Crippen LogP contribution in [-0.2, 0) is 22.5 Å². The number of carbonyl (C=O) groups is 1. The Labute approximate surface area is 202 Å². The third kappa shape index (κ3) is 5.15. The topological polar surface area (TPSA) is 124 Å². The van der Waals surface area contributed by atoms with Gasteiger partial charge in [-0.3, -0.25) is 9.78 Å². The van der Waals surface area contributed by atoms with Crippen molar-refractivity contribution in [2.24, 2.45) is 5.73 Å². The van der Waals surface area contributed by atoms with E-state index in [1.54, 1.807) is 13.3 Å². The first kappa shape index (κ1) is 23.0. The van der Waals surface area contributed by atoms with E-state index in [4.69, 9.17) is 15.2 Å². The summed E-state index contributed by atoms with van der Waals surface area (Å²) in [6.45, 7) is 1.22. The van der Waals surface area contributed by atoms with Crippen molar-refractivity contribution >= 4 is 34.5 Å². The minimum Gasteiger partial charge on any atom is -0.481 e. The Kier molecular flexibility index (Phi) is 6.91. The Morgan fingerprint density at radius 1 is 1.26 bits per heavy atom. The van der Waals surface area contributed by atoms with Crippen molar-refractivity contribution in [1.29, 1.82) is 0 Å². The minimum absolute atomic E-state index is 0.00662. The first-order valence-corrected chi connectivity index (χ1v) is 12.4. The van der Waals surface area contributed by atoms with E-state index in [0.717, 1.165) is 40.0 Å². The van der Waals surface area contributed by atoms with Crippen molar-refractivity contribution in [3.63, 3.8) is 0 Å². The fourth-order valence-electron chi connectivity index (χ4n) is 4.35. The van der Waals surface area contributed by atoms with Gasteiger partial charge in [0.2, 0.25) is 11.8 Å². The Balaban J connectivity index is 1.14. The zero-order valence-electron chi connectivity index (χ0n) is 19.0. The number of pyridine rings is 3. The van der Waals surface area contributed by atoms with Crippen LogP contribution in [0.15, 0.2) is 41.4 Å². The maximum atomic E-state index is 11.6. The molecule has 2 aliphatic rings. The molecule has 5 heterocycles. The van der Waals surface area contributed by atoms with E-state index in [2.05, 4.69) is 25.6 Å². The third-order valence-electron chi connectivity index (χ3n) is 6.20. The molecule has 0 unspecified atom stereocenters. The summed E-state index contributed by atoms with van der Waals surface area (Å²) in [5, 5.41) is 6.36. The summed E-state index contributed by atoms with van der Waals surface area (Å²) >= 11 is 1.52. The summed E-state index contributed by atoms with van der Waals surface area (Å²) < 4.78 is 11.4. The molecule has 1 fully saturated rings. The van der Waals surface area contributed by atoms with E-state index in [1.165, 1.54) is 11.8 Å². The van der Waals surface area contributed by atoms with E-state index in [9.17, 15) is 4.79 Å². The molecule has 10 heteroatoms. The van der Waals surface area contributed by atoms with Crippen LogP contribution in [0, 0.1) is 0 Å². The van der Waals surface area contributed by atoms with Gasteiger partial charge in [-0.1, -0.05) is 0 Å². The molecule has 0 spiro atoms. The molecule has 3 aromatic heterocycles. The Morgan fingerprint density at radius 2 is 2.18 bits per heavy atom. The summed E-state index contributed by atoms with van der Waals surface area (Å²) in [4.78, 5) is 26.2. The summed E-state index contributed by atoms with van der Waals surface area (Å²) in [7, 11) is 1.61. The number of hydrogen-bond donors (Lipinski definition) is 3. The lowest BCUT2D eigenvalue weighted by atomic mass is 9.95. The molecular formula is C24H28N6O3S. The van der Waals surface area contributed by atoms with Crippen molar-refractivity contribution in [1.82, 2.24) is 20.3 Å². The summed E-state index contributed by atoms with van der Waals surface area (Å²) in [6.07, 6.45) is 4.28. The molecule has 0 saturated carbocycles. The van der Waals surface area contributed by atoms with E-state index in [0.29, 0.717) is 37.0 Å². The number of amides is 1. The molecule has 0 aliphatic carbocycles. The number of hydrogen-bond acceptors (Lipinski definition) is 9. The molecule has 3 aromatic rings. The van der Waals surface area contributed by atoms with Crippen LogP contribution in [0.5, 0.6) is 5.88 Å². The van der Waals surface area contributed by atoms with Gasteiger partial charge >= 0.3 is 0 Å². The van der Waals surface area contributed by atoms with Crippen LogP contribution in [-0.4, -0.2) is 58.5 Å². The van der Waals surface area contributed by atoms with Crippen LogP contribution in [0.1, 0.15) is 24.1 Å². The SMILES string of the molecule is COc1ccc2nccc(C[C@@H](N)[C@@H]3CC[C@@H](NCc4ccc5c(n4)NC(=O)CS5)CO3)c2n1. The number of fused-ring (bicyclic) bond motifs is 2. The van der Waals surface area contributed by atoms with Gasteiger partial charge in [-0.05, 0) is 49.1 Å². The maximum Gasteiger partial charge on any atom is 0.235 e. The van der Waals surface area contributed by atoms with Crippen LogP contribution in [0.2, 0.25) is 0 Å². The zero-order chi connectivity index (χ0) is 23.5. The normalized spacial score (nSPS) is 21.1. The molecule has 1 amide bonds. The van der Waals surface area contributed by atoms with Gasteiger partial charge in [-0.25, -0.2) is 9.97 Å². The molecule has 9 nitrogen and oxygen atoms in total. The molecule has 0 bridgehead atoms. The van der Waals surface area contributed by atoms with Crippen LogP contribution >= 0.6 is 11.8 Å². The average Bonchev–Trinajstić information content (AvgIpc) is 2.87. The summed E-state index contributed by atoms with van der Waals surface area (Å²) in [5.74, 6) is 1.65. The number of nitrogens with two attached hydrogens (primary N) is 1. The number of nitrogens with one attached hydrogen (secondary N) is 2. The number of ether oxygens (including phenoxy) is 2. The largest absolute Gasteiger partial charge is 0.481 e. The molecule has 0 radical (unpaired) electrons. The highest BCUT2D eigenvalue weighted by Gasteiger charge is 2.27. The number of carbonyl (C=O) groups excluding carboxylic acids is 1. The maximum absolute atomic E-state index is 11.6. The number of nitrogens with zero attached hydrogens (tertiary/aromatic N) is 3. The van der Waals surface area contributed by atoms with Gasteiger partial charge in [-0.15, -0.1) is 11.8 Å². The van der Waals surface area contributed by atoms with Gasteiger partial charge < -0.3 is 25.8 Å². The molecule has 1 saturated heterocycles. The zero-order valence-corrected chi connectivity index (χ0v) is 19.8. The highest BCUT2D eigenvalue weighted by atomic mass is 32.2. The number of aromatic nitrogens is 3. The number of rotatable bonds is 7. The van der Waals surface area contributed by atoms with Gasteiger partial charge in [0.15, 0.2) is 0 Å². The highest BCUT2D eigenvalue weighted by Crippen LogP contribution is 2.29. The first-order valence-electron chi connectivity index (χ1n) is 11.4.